The summed E-state index contributed by atoms with van der Waals surface area (Å²) < 4.78 is 38.8. The maximum atomic E-state index is 12.6. The molecule has 2 fully saturated rings. The van der Waals surface area contributed by atoms with Crippen molar-refractivity contribution in [2.75, 3.05) is 13.1 Å². The second-order valence-corrected chi connectivity index (χ2v) is 6.31. The number of rotatable bonds is 1. The zero-order chi connectivity index (χ0) is 13.2. The van der Waals surface area contributed by atoms with Gasteiger partial charge in [-0.2, -0.15) is 13.2 Å². The fraction of sp³-hybridized carbons (Fsp3) is 0.462. The lowest BCUT2D eigenvalue weighted by Crippen LogP contribution is -2.13. The van der Waals surface area contributed by atoms with Gasteiger partial charge in [0.2, 0.25) is 0 Å². The van der Waals surface area contributed by atoms with Crippen molar-refractivity contribution < 1.29 is 13.2 Å². The van der Waals surface area contributed by atoms with Crippen LogP contribution < -0.4 is 5.32 Å². The first-order valence-electron chi connectivity index (χ1n) is 6.22. The van der Waals surface area contributed by atoms with Crippen molar-refractivity contribution >= 4 is 21.6 Å². The minimum absolute atomic E-state index is 0.466. The monoisotopic (exact) mass is 284 g/mol. The number of benzene rings is 1. The first-order chi connectivity index (χ1) is 9.04. The number of alkyl halides is 3. The van der Waals surface area contributed by atoms with Crippen LogP contribution in [0.3, 0.4) is 0 Å². The Morgan fingerprint density at radius 1 is 1.21 bits per heavy atom. The van der Waals surface area contributed by atoms with Crippen LogP contribution in [0.5, 0.6) is 0 Å². The Morgan fingerprint density at radius 2 is 1.95 bits per heavy atom. The van der Waals surface area contributed by atoms with Crippen molar-refractivity contribution in [1.29, 1.82) is 0 Å². The molecule has 1 saturated carbocycles. The van der Waals surface area contributed by atoms with Gasteiger partial charge in [0, 0.05) is 5.92 Å². The summed E-state index contributed by atoms with van der Waals surface area (Å²) in [5.41, 5.74) is -0.137. The quantitative estimate of drug-likeness (QED) is 0.869. The number of nitrogens with one attached hydrogen (secondary N) is 1. The van der Waals surface area contributed by atoms with E-state index < -0.39 is 11.7 Å². The van der Waals surface area contributed by atoms with Crippen LogP contribution in [0.1, 0.15) is 16.5 Å². The van der Waals surface area contributed by atoms with Gasteiger partial charge < -0.3 is 5.32 Å². The lowest BCUT2D eigenvalue weighted by molar-refractivity contribution is -0.137. The van der Waals surface area contributed by atoms with Crippen LogP contribution in [0, 0.1) is 11.8 Å². The normalized spacial score (nSPS) is 29.7. The standard InChI is InChI=1S/C13H11F3N2S/c14-13(15,16)6-1-2-10-9(3-6)18-12(19-10)11-7-4-17-5-8(7)11/h1-3,7-8,11,17H,4-5H2/t7-,8+,11?. The van der Waals surface area contributed by atoms with Gasteiger partial charge in [0.15, 0.2) is 0 Å². The minimum atomic E-state index is -4.29. The van der Waals surface area contributed by atoms with Crippen LogP contribution in [0.2, 0.25) is 0 Å². The number of piperidine rings is 1. The molecule has 2 aromatic rings. The Balaban J connectivity index is 1.72. The van der Waals surface area contributed by atoms with Gasteiger partial charge in [-0.1, -0.05) is 0 Å². The molecule has 1 aromatic carbocycles. The van der Waals surface area contributed by atoms with Crippen LogP contribution in [-0.4, -0.2) is 18.1 Å². The molecule has 1 aromatic heterocycles. The average molecular weight is 284 g/mol. The highest BCUT2D eigenvalue weighted by Crippen LogP contribution is 2.57. The third-order valence-corrected chi connectivity index (χ3v) is 5.25. The molecular formula is C13H11F3N2S. The molecule has 19 heavy (non-hydrogen) atoms. The van der Waals surface area contributed by atoms with Crippen LogP contribution >= 0.6 is 11.3 Å². The number of halogens is 3. The van der Waals surface area contributed by atoms with Gasteiger partial charge in [0.1, 0.15) is 0 Å². The van der Waals surface area contributed by atoms with E-state index in [0.717, 1.165) is 34.9 Å². The molecule has 100 valence electrons. The molecule has 0 spiro atoms. The molecule has 2 heterocycles. The fourth-order valence-corrected chi connectivity index (χ4v) is 4.25. The number of aromatic nitrogens is 1. The lowest BCUT2D eigenvalue weighted by Gasteiger charge is -2.04. The van der Waals surface area contributed by atoms with Crippen molar-refractivity contribution in [2.45, 2.75) is 12.1 Å². The van der Waals surface area contributed by atoms with Gasteiger partial charge in [0.25, 0.3) is 0 Å². The molecule has 1 saturated heterocycles. The Morgan fingerprint density at radius 3 is 2.63 bits per heavy atom. The molecule has 1 aliphatic carbocycles. The Kier molecular flexibility index (Phi) is 2.27. The second kappa shape index (κ2) is 3.70. The van der Waals surface area contributed by atoms with Crippen molar-refractivity contribution in [1.82, 2.24) is 10.3 Å². The zero-order valence-electron chi connectivity index (χ0n) is 9.87. The van der Waals surface area contributed by atoms with Crippen molar-refractivity contribution in [3.8, 4) is 0 Å². The zero-order valence-corrected chi connectivity index (χ0v) is 10.7. The minimum Gasteiger partial charge on any atom is -0.316 e. The summed E-state index contributed by atoms with van der Waals surface area (Å²) in [7, 11) is 0. The highest BCUT2D eigenvalue weighted by molar-refractivity contribution is 7.18. The van der Waals surface area contributed by atoms with Crippen LogP contribution in [0.25, 0.3) is 10.2 Å². The molecule has 2 aliphatic rings. The smallest absolute Gasteiger partial charge is 0.316 e. The summed E-state index contributed by atoms with van der Waals surface area (Å²) in [5.74, 6) is 1.75. The van der Waals surface area contributed by atoms with Gasteiger partial charge in [-0.15, -0.1) is 11.3 Å². The number of fused-ring (bicyclic) bond motifs is 2. The van der Waals surface area contributed by atoms with Crippen molar-refractivity contribution in [3.63, 3.8) is 0 Å². The van der Waals surface area contributed by atoms with E-state index in [1.165, 1.54) is 17.4 Å². The van der Waals surface area contributed by atoms with E-state index in [-0.39, 0.29) is 0 Å². The molecule has 1 N–H and O–H groups in total. The predicted octanol–water partition coefficient (Wildman–Crippen LogP) is 3.25. The molecule has 3 atom stereocenters. The number of hydrogen-bond acceptors (Lipinski definition) is 3. The van der Waals surface area contributed by atoms with Gasteiger partial charge >= 0.3 is 6.18 Å². The molecule has 0 amide bonds. The predicted molar refractivity (Wildman–Crippen MR) is 67.2 cm³/mol. The molecule has 6 heteroatoms. The average Bonchev–Trinajstić information content (AvgIpc) is 2.78. The van der Waals surface area contributed by atoms with Gasteiger partial charge in [0.05, 0.1) is 20.8 Å². The summed E-state index contributed by atoms with van der Waals surface area (Å²) >= 11 is 1.54. The highest BCUT2D eigenvalue weighted by atomic mass is 32.1. The van der Waals surface area contributed by atoms with Crippen LogP contribution in [0.15, 0.2) is 18.2 Å². The first-order valence-corrected chi connectivity index (χ1v) is 7.04. The van der Waals surface area contributed by atoms with Crippen molar-refractivity contribution in [2.24, 2.45) is 11.8 Å². The molecule has 0 radical (unpaired) electrons. The van der Waals surface area contributed by atoms with Gasteiger partial charge in [-0.3, -0.25) is 0 Å². The first kappa shape index (κ1) is 11.7. The van der Waals surface area contributed by atoms with E-state index in [1.807, 2.05) is 0 Å². The molecule has 2 nitrogen and oxygen atoms in total. The van der Waals surface area contributed by atoms with E-state index in [4.69, 9.17) is 0 Å². The van der Waals surface area contributed by atoms with Crippen molar-refractivity contribution in [3.05, 3.63) is 28.8 Å². The molecule has 0 bridgehead atoms. The maximum Gasteiger partial charge on any atom is 0.416 e. The third kappa shape index (κ3) is 1.77. The summed E-state index contributed by atoms with van der Waals surface area (Å²) in [4.78, 5) is 4.42. The SMILES string of the molecule is FC(F)(F)c1ccc2sc(C3[C@H]4CNC[C@@H]34)nc2c1. The Hall–Kier alpha value is -1.14. The number of hydrogen-bond donors (Lipinski definition) is 1. The summed E-state index contributed by atoms with van der Waals surface area (Å²) in [6.45, 7) is 2.03. The largest absolute Gasteiger partial charge is 0.416 e. The maximum absolute atomic E-state index is 12.6. The van der Waals surface area contributed by atoms with E-state index >= 15 is 0 Å². The summed E-state index contributed by atoms with van der Waals surface area (Å²) in [6.07, 6.45) is -4.29. The van der Waals surface area contributed by atoms with E-state index in [0.29, 0.717) is 23.3 Å². The number of thiazole rings is 1. The van der Waals surface area contributed by atoms with Crippen LogP contribution in [0.4, 0.5) is 13.2 Å². The van der Waals surface area contributed by atoms with Gasteiger partial charge in [-0.25, -0.2) is 4.98 Å². The Labute approximate surface area is 111 Å². The third-order valence-electron chi connectivity index (χ3n) is 4.11. The van der Waals surface area contributed by atoms with E-state index in [2.05, 4.69) is 10.3 Å². The number of nitrogens with zero attached hydrogens (tertiary/aromatic N) is 1. The molecular weight excluding hydrogens is 273 g/mol. The highest BCUT2D eigenvalue weighted by Gasteiger charge is 2.55. The Bertz CT molecular complexity index is 639. The van der Waals surface area contributed by atoms with E-state index in [1.54, 1.807) is 0 Å². The van der Waals surface area contributed by atoms with Crippen LogP contribution in [-0.2, 0) is 6.18 Å². The van der Waals surface area contributed by atoms with E-state index in [9.17, 15) is 13.2 Å². The summed E-state index contributed by atoms with van der Waals surface area (Å²) in [5, 5.41) is 4.32. The molecule has 4 rings (SSSR count). The molecule has 1 unspecified atom stereocenters. The fourth-order valence-electron chi connectivity index (χ4n) is 3.05. The molecule has 1 aliphatic heterocycles. The summed E-state index contributed by atoms with van der Waals surface area (Å²) in [6, 6.07) is 3.83. The van der Waals surface area contributed by atoms with Gasteiger partial charge in [-0.05, 0) is 43.1 Å². The second-order valence-electron chi connectivity index (χ2n) is 5.24. The topological polar surface area (TPSA) is 24.9 Å². The lowest BCUT2D eigenvalue weighted by atomic mass is 10.2.